The summed E-state index contributed by atoms with van der Waals surface area (Å²) < 4.78 is 0. The monoisotopic (exact) mass is 244 g/mol. The van der Waals surface area contributed by atoms with E-state index in [9.17, 15) is 15.3 Å². The molecule has 0 aliphatic heterocycles. The Bertz CT molecular complexity index is 616. The van der Waals surface area contributed by atoms with Gasteiger partial charge in [-0.15, -0.1) is 0 Å². The highest BCUT2D eigenvalue weighted by Gasteiger charge is 2.17. The SMILES string of the molecule is Cc1ccc(-c2c(C)cc(O)c(O)c2O)c(C)c1. The van der Waals surface area contributed by atoms with Crippen LogP contribution in [0.2, 0.25) is 0 Å². The fourth-order valence-electron chi connectivity index (χ4n) is 2.21. The molecular formula is C15H16O3. The second kappa shape index (κ2) is 4.26. The predicted octanol–water partition coefficient (Wildman–Crippen LogP) is 3.40. The van der Waals surface area contributed by atoms with Crippen LogP contribution in [0.4, 0.5) is 0 Å². The maximum Gasteiger partial charge on any atom is 0.200 e. The molecule has 0 atom stereocenters. The summed E-state index contributed by atoms with van der Waals surface area (Å²) in [6.45, 7) is 5.73. The van der Waals surface area contributed by atoms with Crippen molar-refractivity contribution >= 4 is 0 Å². The van der Waals surface area contributed by atoms with Crippen LogP contribution >= 0.6 is 0 Å². The van der Waals surface area contributed by atoms with Gasteiger partial charge in [0.2, 0.25) is 5.75 Å². The number of hydrogen-bond donors (Lipinski definition) is 3. The maximum absolute atomic E-state index is 10.00. The molecule has 3 heteroatoms. The minimum atomic E-state index is -0.476. The molecule has 0 unspecified atom stereocenters. The number of phenolic OH excluding ortho intramolecular Hbond substituents is 3. The van der Waals surface area contributed by atoms with Crippen molar-refractivity contribution in [2.75, 3.05) is 0 Å². The van der Waals surface area contributed by atoms with E-state index in [2.05, 4.69) is 0 Å². The molecule has 0 heterocycles. The molecule has 0 fully saturated rings. The molecule has 0 aliphatic carbocycles. The summed E-state index contributed by atoms with van der Waals surface area (Å²) in [7, 11) is 0. The molecule has 0 radical (unpaired) electrons. The third-order valence-electron chi connectivity index (χ3n) is 3.10. The van der Waals surface area contributed by atoms with Crippen LogP contribution in [0.3, 0.4) is 0 Å². The fraction of sp³-hybridized carbons (Fsp3) is 0.200. The van der Waals surface area contributed by atoms with Crippen molar-refractivity contribution in [3.8, 4) is 28.4 Å². The zero-order valence-corrected chi connectivity index (χ0v) is 10.7. The van der Waals surface area contributed by atoms with Crippen LogP contribution in [-0.4, -0.2) is 15.3 Å². The van der Waals surface area contributed by atoms with Gasteiger partial charge in [0.1, 0.15) is 0 Å². The molecule has 0 aliphatic rings. The Labute approximate surface area is 106 Å². The lowest BCUT2D eigenvalue weighted by Crippen LogP contribution is -1.90. The zero-order valence-electron chi connectivity index (χ0n) is 10.7. The molecule has 94 valence electrons. The van der Waals surface area contributed by atoms with Crippen molar-refractivity contribution in [2.45, 2.75) is 20.8 Å². The van der Waals surface area contributed by atoms with Gasteiger partial charge in [0.25, 0.3) is 0 Å². The van der Waals surface area contributed by atoms with Gasteiger partial charge in [-0.25, -0.2) is 0 Å². The van der Waals surface area contributed by atoms with Gasteiger partial charge in [0.05, 0.1) is 0 Å². The summed E-state index contributed by atoms with van der Waals surface area (Å²) in [6, 6.07) is 7.32. The highest BCUT2D eigenvalue weighted by molar-refractivity contribution is 5.80. The summed E-state index contributed by atoms with van der Waals surface area (Å²) in [5.41, 5.74) is 4.28. The molecule has 0 amide bonds. The topological polar surface area (TPSA) is 60.7 Å². The standard InChI is InChI=1S/C15H16O3/c1-8-4-5-11(9(2)6-8)13-10(3)7-12(16)14(17)15(13)18/h4-7,16-18H,1-3H3. The molecular weight excluding hydrogens is 228 g/mol. The average Bonchev–Trinajstić information content (AvgIpc) is 2.29. The van der Waals surface area contributed by atoms with Crippen LogP contribution in [0, 0.1) is 20.8 Å². The molecule has 2 rings (SSSR count). The molecule has 2 aromatic carbocycles. The molecule has 0 saturated heterocycles. The van der Waals surface area contributed by atoms with Crippen LogP contribution in [0.15, 0.2) is 24.3 Å². The smallest absolute Gasteiger partial charge is 0.200 e. The van der Waals surface area contributed by atoms with E-state index >= 15 is 0 Å². The first-order chi connectivity index (χ1) is 8.41. The number of aromatic hydroxyl groups is 3. The van der Waals surface area contributed by atoms with Crippen molar-refractivity contribution in [3.05, 3.63) is 41.0 Å². The number of rotatable bonds is 1. The summed E-state index contributed by atoms with van der Waals surface area (Å²) in [5, 5.41) is 29.1. The van der Waals surface area contributed by atoms with E-state index < -0.39 is 5.75 Å². The second-order valence-electron chi connectivity index (χ2n) is 4.60. The Balaban J connectivity index is 2.75. The van der Waals surface area contributed by atoms with Gasteiger partial charge < -0.3 is 15.3 Å². The summed E-state index contributed by atoms with van der Waals surface area (Å²) in [4.78, 5) is 0. The summed E-state index contributed by atoms with van der Waals surface area (Å²) in [6.07, 6.45) is 0. The van der Waals surface area contributed by atoms with Crippen LogP contribution in [0.5, 0.6) is 17.2 Å². The first kappa shape index (κ1) is 12.3. The highest BCUT2D eigenvalue weighted by Crippen LogP contribution is 2.45. The number of hydrogen-bond acceptors (Lipinski definition) is 3. The Morgan fingerprint density at radius 1 is 0.778 bits per heavy atom. The Morgan fingerprint density at radius 3 is 2.06 bits per heavy atom. The van der Waals surface area contributed by atoms with Gasteiger partial charge in [-0.05, 0) is 43.5 Å². The Morgan fingerprint density at radius 2 is 1.44 bits per heavy atom. The molecule has 18 heavy (non-hydrogen) atoms. The molecule has 0 saturated carbocycles. The Hall–Kier alpha value is -2.16. The minimum absolute atomic E-state index is 0.278. The Kier molecular flexibility index (Phi) is 2.91. The number of benzene rings is 2. The van der Waals surface area contributed by atoms with Gasteiger partial charge in [-0.2, -0.15) is 0 Å². The van der Waals surface area contributed by atoms with Gasteiger partial charge in [0, 0.05) is 5.56 Å². The van der Waals surface area contributed by atoms with E-state index in [0.29, 0.717) is 5.56 Å². The average molecular weight is 244 g/mol. The normalized spacial score (nSPS) is 10.6. The van der Waals surface area contributed by atoms with E-state index in [1.165, 1.54) is 6.07 Å². The molecule has 3 N–H and O–H groups in total. The lowest BCUT2D eigenvalue weighted by atomic mass is 9.94. The van der Waals surface area contributed by atoms with Crippen LogP contribution < -0.4 is 0 Å². The highest BCUT2D eigenvalue weighted by atomic mass is 16.3. The zero-order chi connectivity index (χ0) is 13.4. The van der Waals surface area contributed by atoms with E-state index in [4.69, 9.17) is 0 Å². The van der Waals surface area contributed by atoms with Crippen molar-refractivity contribution < 1.29 is 15.3 Å². The summed E-state index contributed by atoms with van der Waals surface area (Å²) >= 11 is 0. The van der Waals surface area contributed by atoms with E-state index in [1.807, 2.05) is 32.0 Å². The molecule has 3 nitrogen and oxygen atoms in total. The third-order valence-corrected chi connectivity index (χ3v) is 3.10. The lowest BCUT2D eigenvalue weighted by Gasteiger charge is -2.14. The number of aryl methyl sites for hydroxylation is 3. The predicted molar refractivity (Wildman–Crippen MR) is 71.1 cm³/mol. The lowest BCUT2D eigenvalue weighted by molar-refractivity contribution is 0.368. The van der Waals surface area contributed by atoms with Crippen LogP contribution in [0.1, 0.15) is 16.7 Å². The quantitative estimate of drug-likeness (QED) is 0.674. The minimum Gasteiger partial charge on any atom is -0.504 e. The van der Waals surface area contributed by atoms with Gasteiger partial charge in [-0.3, -0.25) is 0 Å². The number of phenols is 3. The first-order valence-corrected chi connectivity index (χ1v) is 5.74. The largest absolute Gasteiger partial charge is 0.504 e. The molecule has 2 aromatic rings. The fourth-order valence-corrected chi connectivity index (χ4v) is 2.21. The van der Waals surface area contributed by atoms with Crippen molar-refractivity contribution in [2.24, 2.45) is 0 Å². The first-order valence-electron chi connectivity index (χ1n) is 5.74. The van der Waals surface area contributed by atoms with Gasteiger partial charge in [-0.1, -0.05) is 23.8 Å². The van der Waals surface area contributed by atoms with E-state index in [-0.39, 0.29) is 11.5 Å². The maximum atomic E-state index is 10.00. The van der Waals surface area contributed by atoms with Crippen LogP contribution in [-0.2, 0) is 0 Å². The van der Waals surface area contributed by atoms with E-state index in [0.717, 1.165) is 22.3 Å². The second-order valence-corrected chi connectivity index (χ2v) is 4.60. The molecule has 0 aromatic heterocycles. The van der Waals surface area contributed by atoms with Crippen molar-refractivity contribution in [3.63, 3.8) is 0 Å². The molecule has 0 bridgehead atoms. The van der Waals surface area contributed by atoms with Crippen LogP contribution in [0.25, 0.3) is 11.1 Å². The molecule has 0 spiro atoms. The summed E-state index contributed by atoms with van der Waals surface area (Å²) in [5.74, 6) is -1.06. The third kappa shape index (κ3) is 1.88. The van der Waals surface area contributed by atoms with Crippen molar-refractivity contribution in [1.82, 2.24) is 0 Å². The van der Waals surface area contributed by atoms with Gasteiger partial charge in [0.15, 0.2) is 11.5 Å². The van der Waals surface area contributed by atoms with E-state index in [1.54, 1.807) is 6.92 Å². The van der Waals surface area contributed by atoms with Crippen molar-refractivity contribution in [1.29, 1.82) is 0 Å². The van der Waals surface area contributed by atoms with Gasteiger partial charge >= 0.3 is 0 Å².